The van der Waals surface area contributed by atoms with E-state index in [2.05, 4.69) is 63.5 Å². The van der Waals surface area contributed by atoms with Crippen LogP contribution in [-0.2, 0) is 19.5 Å². The number of furan rings is 1. The van der Waals surface area contributed by atoms with Gasteiger partial charge in [0.25, 0.3) is 5.56 Å². The molecule has 37 heavy (non-hydrogen) atoms. The summed E-state index contributed by atoms with van der Waals surface area (Å²) >= 11 is 0. The van der Waals surface area contributed by atoms with Gasteiger partial charge in [0.2, 0.25) is 0 Å². The Kier molecular flexibility index (Phi) is 7.28. The number of nitrogens with one attached hydrogen (secondary N) is 1. The van der Waals surface area contributed by atoms with Gasteiger partial charge < -0.3 is 9.40 Å². The summed E-state index contributed by atoms with van der Waals surface area (Å²) in [5.41, 5.74) is 5.16. The van der Waals surface area contributed by atoms with Crippen LogP contribution in [0.15, 0.2) is 76.1 Å². The van der Waals surface area contributed by atoms with Crippen molar-refractivity contribution in [3.63, 3.8) is 0 Å². The highest BCUT2D eigenvalue weighted by molar-refractivity contribution is 5.81. The van der Waals surface area contributed by atoms with Gasteiger partial charge in [-0.3, -0.25) is 9.69 Å². The van der Waals surface area contributed by atoms with E-state index in [9.17, 15) is 4.79 Å². The van der Waals surface area contributed by atoms with Crippen LogP contribution >= 0.6 is 0 Å². The zero-order valence-corrected chi connectivity index (χ0v) is 21.5. The molecule has 3 heterocycles. The Bertz CT molecular complexity index is 1540. The third-order valence-corrected chi connectivity index (χ3v) is 7.04. The average molecular weight is 497 g/mol. The maximum Gasteiger partial charge on any atom is 0.252 e. The molecule has 0 saturated heterocycles. The summed E-state index contributed by atoms with van der Waals surface area (Å²) in [4.78, 5) is 18.6. The smallest absolute Gasteiger partial charge is 0.252 e. The lowest BCUT2D eigenvalue weighted by atomic mass is 10.0. The Labute approximate surface area is 215 Å². The maximum absolute atomic E-state index is 13.2. The van der Waals surface area contributed by atoms with Crippen LogP contribution in [0, 0.1) is 13.8 Å². The minimum absolute atomic E-state index is 0.0623. The first-order valence-corrected chi connectivity index (χ1v) is 12.7. The van der Waals surface area contributed by atoms with Crippen LogP contribution in [0.4, 0.5) is 0 Å². The summed E-state index contributed by atoms with van der Waals surface area (Å²) < 4.78 is 7.33. The van der Waals surface area contributed by atoms with Gasteiger partial charge in [-0.2, -0.15) is 0 Å². The van der Waals surface area contributed by atoms with Crippen molar-refractivity contribution in [1.29, 1.82) is 0 Å². The van der Waals surface area contributed by atoms with Gasteiger partial charge >= 0.3 is 0 Å². The van der Waals surface area contributed by atoms with Crippen molar-refractivity contribution < 1.29 is 4.42 Å². The van der Waals surface area contributed by atoms with Crippen LogP contribution in [0.5, 0.6) is 0 Å². The highest BCUT2D eigenvalue weighted by Crippen LogP contribution is 2.26. The van der Waals surface area contributed by atoms with Crippen molar-refractivity contribution in [2.75, 3.05) is 6.54 Å². The highest BCUT2D eigenvalue weighted by Gasteiger charge is 2.26. The number of nitrogens with zero attached hydrogens (tertiary/aromatic N) is 5. The number of tetrazole rings is 1. The summed E-state index contributed by atoms with van der Waals surface area (Å²) in [6.07, 6.45) is 3.29. The van der Waals surface area contributed by atoms with E-state index in [4.69, 9.17) is 4.42 Å². The monoisotopic (exact) mass is 496 g/mol. The molecule has 1 N–H and O–H groups in total. The first-order valence-electron chi connectivity index (χ1n) is 12.7. The normalized spacial score (nSPS) is 12.4. The molecule has 0 aliphatic rings. The number of aromatic nitrogens is 5. The first-order chi connectivity index (χ1) is 18.0. The molecule has 190 valence electrons. The number of aromatic amines is 1. The van der Waals surface area contributed by atoms with Crippen LogP contribution in [0.2, 0.25) is 0 Å². The molecule has 0 aliphatic carbocycles. The van der Waals surface area contributed by atoms with Crippen LogP contribution < -0.4 is 5.56 Å². The molecule has 3 aromatic heterocycles. The predicted octanol–water partition coefficient (Wildman–Crippen LogP) is 4.97. The van der Waals surface area contributed by atoms with Gasteiger partial charge in [-0.15, -0.1) is 5.10 Å². The fraction of sp³-hybridized carbons (Fsp3) is 0.310. The number of hydrogen-bond acceptors (Lipinski definition) is 6. The van der Waals surface area contributed by atoms with E-state index in [-0.39, 0.29) is 11.6 Å². The molecular formula is C29H32N6O2. The molecule has 0 amide bonds. The molecule has 5 rings (SSSR count). The van der Waals surface area contributed by atoms with E-state index in [1.165, 1.54) is 11.1 Å². The zero-order chi connectivity index (χ0) is 25.8. The molecule has 8 heteroatoms. The van der Waals surface area contributed by atoms with E-state index in [1.807, 2.05) is 43.3 Å². The molecule has 0 spiro atoms. The fourth-order valence-corrected chi connectivity index (χ4v) is 4.98. The van der Waals surface area contributed by atoms with E-state index < -0.39 is 0 Å². The third kappa shape index (κ3) is 5.39. The quantitative estimate of drug-likeness (QED) is 0.294. The number of H-pyrrole nitrogens is 1. The Morgan fingerprint density at radius 3 is 2.65 bits per heavy atom. The lowest BCUT2D eigenvalue weighted by molar-refractivity contribution is 0.171. The van der Waals surface area contributed by atoms with Crippen molar-refractivity contribution in [3.8, 4) is 0 Å². The van der Waals surface area contributed by atoms with Crippen LogP contribution in [0.3, 0.4) is 0 Å². The van der Waals surface area contributed by atoms with Gasteiger partial charge in [0.05, 0.1) is 17.8 Å². The summed E-state index contributed by atoms with van der Waals surface area (Å²) in [5, 5.41) is 13.7. The molecule has 0 fully saturated rings. The standard InChI is InChI=1S/C29H32N6O2/c1-4-26(28-31-32-33-35(28)19-25-13-8-16-37-25)34(15-14-22-11-6-5-9-20(22)2)18-24-17-23-12-7-10-21(3)27(23)30-29(24)36/h5-13,16-17,26H,4,14-15,18-19H2,1-3H3,(H,30,36)/t26-/m0/s1. The molecular weight excluding hydrogens is 464 g/mol. The number of aryl methyl sites for hydroxylation is 2. The zero-order valence-electron chi connectivity index (χ0n) is 21.5. The summed E-state index contributed by atoms with van der Waals surface area (Å²) in [5.74, 6) is 1.55. The Hall–Kier alpha value is -4.04. The van der Waals surface area contributed by atoms with Gasteiger partial charge in [-0.1, -0.05) is 49.4 Å². The molecule has 0 aliphatic heterocycles. The minimum atomic E-state index is -0.0819. The SMILES string of the molecule is CC[C@@H](c1nnnn1Cc1ccco1)N(CCc1ccccc1C)Cc1cc2cccc(C)c2[nH]c1=O. The predicted molar refractivity (Wildman–Crippen MR) is 143 cm³/mol. The molecule has 8 nitrogen and oxygen atoms in total. The molecule has 0 saturated carbocycles. The lowest BCUT2D eigenvalue weighted by Gasteiger charge is -2.30. The Balaban J connectivity index is 1.50. The number of rotatable bonds is 10. The van der Waals surface area contributed by atoms with E-state index in [0.29, 0.717) is 13.1 Å². The van der Waals surface area contributed by atoms with Crippen LogP contribution in [-0.4, -0.2) is 36.6 Å². The first kappa shape index (κ1) is 24.6. The molecule has 0 unspecified atom stereocenters. The van der Waals surface area contributed by atoms with E-state index in [1.54, 1.807) is 10.9 Å². The van der Waals surface area contributed by atoms with E-state index in [0.717, 1.165) is 53.0 Å². The molecule has 0 bridgehead atoms. The van der Waals surface area contributed by atoms with Crippen molar-refractivity contribution in [2.24, 2.45) is 0 Å². The Morgan fingerprint density at radius 2 is 1.86 bits per heavy atom. The lowest BCUT2D eigenvalue weighted by Crippen LogP contribution is -2.34. The number of fused-ring (bicyclic) bond motifs is 1. The fourth-order valence-electron chi connectivity index (χ4n) is 4.98. The van der Waals surface area contributed by atoms with Crippen molar-refractivity contribution in [1.82, 2.24) is 30.1 Å². The van der Waals surface area contributed by atoms with E-state index >= 15 is 0 Å². The maximum atomic E-state index is 13.2. The van der Waals surface area contributed by atoms with Crippen molar-refractivity contribution in [3.05, 3.63) is 111 Å². The van der Waals surface area contributed by atoms with Crippen molar-refractivity contribution >= 4 is 10.9 Å². The van der Waals surface area contributed by atoms with Crippen LogP contribution in [0.25, 0.3) is 10.9 Å². The number of benzene rings is 2. The average Bonchev–Trinajstić information content (AvgIpc) is 3.58. The summed E-state index contributed by atoms with van der Waals surface area (Å²) in [6, 6.07) is 20.2. The van der Waals surface area contributed by atoms with Gasteiger partial charge in [0, 0.05) is 18.7 Å². The largest absolute Gasteiger partial charge is 0.467 e. The minimum Gasteiger partial charge on any atom is -0.467 e. The second kappa shape index (κ2) is 10.9. The van der Waals surface area contributed by atoms with Crippen molar-refractivity contribution in [2.45, 2.75) is 52.7 Å². The van der Waals surface area contributed by atoms with Gasteiger partial charge in [-0.25, -0.2) is 4.68 Å². The third-order valence-electron chi connectivity index (χ3n) is 7.04. The van der Waals surface area contributed by atoms with Gasteiger partial charge in [0.15, 0.2) is 5.82 Å². The van der Waals surface area contributed by atoms with Crippen LogP contribution in [0.1, 0.15) is 53.2 Å². The Morgan fingerprint density at radius 1 is 1.03 bits per heavy atom. The summed E-state index contributed by atoms with van der Waals surface area (Å²) in [6.45, 7) is 7.97. The molecule has 5 aromatic rings. The molecule has 1 atom stereocenters. The number of para-hydroxylation sites is 1. The van der Waals surface area contributed by atoms with Gasteiger partial charge in [0.1, 0.15) is 12.3 Å². The number of pyridine rings is 1. The second-order valence-electron chi connectivity index (χ2n) is 9.51. The number of hydrogen-bond donors (Lipinski definition) is 1. The molecule has 0 radical (unpaired) electrons. The second-order valence-corrected chi connectivity index (χ2v) is 9.51. The molecule has 2 aromatic carbocycles. The summed E-state index contributed by atoms with van der Waals surface area (Å²) in [7, 11) is 0. The topological polar surface area (TPSA) is 92.8 Å². The van der Waals surface area contributed by atoms with Gasteiger partial charge in [-0.05, 0) is 77.4 Å². The highest BCUT2D eigenvalue weighted by atomic mass is 16.3.